The molecule has 0 radical (unpaired) electrons. The van der Waals surface area contributed by atoms with Crippen LogP contribution in [0.1, 0.15) is 22.3 Å². The first-order valence-corrected chi connectivity index (χ1v) is 6.81. The molecular formula is C14H18O4S. The maximum atomic E-state index is 11.3. The Morgan fingerprint density at radius 2 is 2.00 bits per heavy atom. The molecule has 0 saturated carbocycles. The second-order valence-corrected chi connectivity index (χ2v) is 5.07. The van der Waals surface area contributed by atoms with E-state index in [0.29, 0.717) is 18.8 Å². The lowest BCUT2D eigenvalue weighted by Crippen LogP contribution is -2.22. The molecule has 5 heteroatoms. The Morgan fingerprint density at radius 3 is 2.58 bits per heavy atom. The molecule has 1 aliphatic rings. The van der Waals surface area contributed by atoms with Gasteiger partial charge in [-0.25, -0.2) is 4.79 Å². The van der Waals surface area contributed by atoms with Gasteiger partial charge in [-0.15, -0.1) is 0 Å². The molecule has 0 unspecified atom stereocenters. The highest BCUT2D eigenvalue weighted by molar-refractivity contribution is 7.81. The molecule has 1 aromatic carbocycles. The summed E-state index contributed by atoms with van der Waals surface area (Å²) in [7, 11) is 1.38. The molecule has 0 aliphatic carbocycles. The minimum absolute atomic E-state index is 0.0720. The lowest BCUT2D eigenvalue weighted by molar-refractivity contribution is -0.0423. The van der Waals surface area contributed by atoms with E-state index in [1.165, 1.54) is 7.11 Å². The molecule has 19 heavy (non-hydrogen) atoms. The molecule has 1 aliphatic heterocycles. The monoisotopic (exact) mass is 282 g/mol. The Hall–Kier alpha value is -1.04. The second-order valence-electron chi connectivity index (χ2n) is 4.40. The summed E-state index contributed by atoms with van der Waals surface area (Å²) >= 11 is 4.50. The van der Waals surface area contributed by atoms with Gasteiger partial charge < -0.3 is 14.2 Å². The summed E-state index contributed by atoms with van der Waals surface area (Å²) in [4.78, 5) is 11.3. The third kappa shape index (κ3) is 3.96. The average Bonchev–Trinajstić information content (AvgIpc) is 2.98. The SMILES string of the molecule is COC(=O)c1ccc(CC[C@H](S)C2OCCO2)cc1. The zero-order valence-electron chi connectivity index (χ0n) is 10.9. The summed E-state index contributed by atoms with van der Waals surface area (Å²) in [6.45, 7) is 1.30. The van der Waals surface area contributed by atoms with Gasteiger partial charge in [0.15, 0.2) is 6.29 Å². The van der Waals surface area contributed by atoms with Crippen molar-refractivity contribution in [1.29, 1.82) is 0 Å². The zero-order chi connectivity index (χ0) is 13.7. The van der Waals surface area contributed by atoms with Crippen molar-refractivity contribution in [3.05, 3.63) is 35.4 Å². The fraction of sp³-hybridized carbons (Fsp3) is 0.500. The van der Waals surface area contributed by atoms with Gasteiger partial charge >= 0.3 is 5.97 Å². The van der Waals surface area contributed by atoms with E-state index < -0.39 is 0 Å². The molecule has 4 nitrogen and oxygen atoms in total. The number of carbonyl (C=O) groups excluding carboxylic acids is 1. The van der Waals surface area contributed by atoms with Crippen LogP contribution in [-0.2, 0) is 20.6 Å². The number of thiol groups is 1. The molecule has 0 spiro atoms. The van der Waals surface area contributed by atoms with E-state index in [0.717, 1.165) is 18.4 Å². The lowest BCUT2D eigenvalue weighted by atomic mass is 10.1. The molecule has 1 fully saturated rings. The van der Waals surface area contributed by atoms with Crippen LogP contribution < -0.4 is 0 Å². The van der Waals surface area contributed by atoms with Crippen molar-refractivity contribution in [2.45, 2.75) is 24.4 Å². The van der Waals surface area contributed by atoms with Gasteiger partial charge in [0.2, 0.25) is 0 Å². The standard InChI is InChI=1S/C14H18O4S/c1-16-13(15)11-5-2-10(3-6-11)4-7-12(19)14-17-8-9-18-14/h2-3,5-6,12,14,19H,4,7-9H2,1H3/t12-/m0/s1. The van der Waals surface area contributed by atoms with E-state index in [9.17, 15) is 4.79 Å². The van der Waals surface area contributed by atoms with Gasteiger partial charge in [-0.2, -0.15) is 12.6 Å². The highest BCUT2D eigenvalue weighted by Gasteiger charge is 2.23. The normalized spacial score (nSPS) is 17.4. The minimum atomic E-state index is -0.314. The Morgan fingerprint density at radius 1 is 1.37 bits per heavy atom. The van der Waals surface area contributed by atoms with E-state index in [1.54, 1.807) is 12.1 Å². The van der Waals surface area contributed by atoms with Crippen molar-refractivity contribution in [2.24, 2.45) is 0 Å². The van der Waals surface area contributed by atoms with E-state index in [2.05, 4.69) is 17.4 Å². The van der Waals surface area contributed by atoms with E-state index in [1.807, 2.05) is 12.1 Å². The van der Waals surface area contributed by atoms with Crippen LogP contribution >= 0.6 is 12.6 Å². The van der Waals surface area contributed by atoms with Gasteiger partial charge in [-0.3, -0.25) is 0 Å². The molecule has 1 saturated heterocycles. The number of aryl methyl sites for hydroxylation is 1. The predicted octanol–water partition coefficient (Wildman–Crippen LogP) is 2.08. The van der Waals surface area contributed by atoms with Gasteiger partial charge in [0.05, 0.1) is 31.1 Å². The van der Waals surface area contributed by atoms with Crippen LogP contribution in [0, 0.1) is 0 Å². The van der Waals surface area contributed by atoms with Gasteiger partial charge in [0.25, 0.3) is 0 Å². The molecular weight excluding hydrogens is 264 g/mol. The molecule has 1 heterocycles. The summed E-state index contributed by atoms with van der Waals surface area (Å²) < 4.78 is 15.5. The zero-order valence-corrected chi connectivity index (χ0v) is 11.8. The third-order valence-electron chi connectivity index (χ3n) is 3.07. The average molecular weight is 282 g/mol. The largest absolute Gasteiger partial charge is 0.465 e. The van der Waals surface area contributed by atoms with Gasteiger partial charge in [0.1, 0.15) is 0 Å². The first-order valence-electron chi connectivity index (χ1n) is 6.29. The van der Waals surface area contributed by atoms with Crippen molar-refractivity contribution >= 4 is 18.6 Å². The lowest BCUT2D eigenvalue weighted by Gasteiger charge is -2.16. The number of hydrogen-bond donors (Lipinski definition) is 1. The number of benzene rings is 1. The molecule has 0 aromatic heterocycles. The summed E-state index contributed by atoms with van der Waals surface area (Å²) in [5.74, 6) is -0.314. The summed E-state index contributed by atoms with van der Waals surface area (Å²) in [5, 5.41) is 0.0720. The van der Waals surface area contributed by atoms with Crippen LogP contribution in [0.4, 0.5) is 0 Å². The number of ether oxygens (including phenoxy) is 3. The quantitative estimate of drug-likeness (QED) is 0.663. The molecule has 0 amide bonds. The maximum Gasteiger partial charge on any atom is 0.337 e. The first kappa shape index (κ1) is 14.4. The van der Waals surface area contributed by atoms with Crippen molar-refractivity contribution in [3.63, 3.8) is 0 Å². The second kappa shape index (κ2) is 6.93. The van der Waals surface area contributed by atoms with Crippen LogP contribution in [0.2, 0.25) is 0 Å². The highest BCUT2D eigenvalue weighted by atomic mass is 32.1. The van der Waals surface area contributed by atoms with Crippen molar-refractivity contribution in [1.82, 2.24) is 0 Å². The van der Waals surface area contributed by atoms with Gasteiger partial charge in [-0.1, -0.05) is 12.1 Å². The van der Waals surface area contributed by atoms with Crippen LogP contribution in [0.5, 0.6) is 0 Å². The Labute approximate surface area is 118 Å². The van der Waals surface area contributed by atoms with Crippen LogP contribution in [0.25, 0.3) is 0 Å². The van der Waals surface area contributed by atoms with Crippen molar-refractivity contribution in [2.75, 3.05) is 20.3 Å². The molecule has 1 aromatic rings. The summed E-state index contributed by atoms with van der Waals surface area (Å²) in [6, 6.07) is 7.42. The van der Waals surface area contributed by atoms with Gasteiger partial charge in [-0.05, 0) is 30.5 Å². The fourth-order valence-corrected chi connectivity index (χ4v) is 2.28. The summed E-state index contributed by atoms with van der Waals surface area (Å²) in [6.07, 6.45) is 1.54. The smallest absolute Gasteiger partial charge is 0.337 e. The van der Waals surface area contributed by atoms with Crippen molar-refractivity contribution in [3.8, 4) is 0 Å². The van der Waals surface area contributed by atoms with E-state index in [4.69, 9.17) is 9.47 Å². The molecule has 0 bridgehead atoms. The number of esters is 1. The number of hydrogen-bond acceptors (Lipinski definition) is 5. The molecule has 1 atom stereocenters. The van der Waals surface area contributed by atoms with E-state index >= 15 is 0 Å². The fourth-order valence-electron chi connectivity index (χ4n) is 1.97. The Balaban J connectivity index is 1.84. The number of carbonyl (C=O) groups is 1. The maximum absolute atomic E-state index is 11.3. The topological polar surface area (TPSA) is 44.8 Å². The Kier molecular flexibility index (Phi) is 5.24. The van der Waals surface area contributed by atoms with E-state index in [-0.39, 0.29) is 17.5 Å². The predicted molar refractivity (Wildman–Crippen MR) is 74.6 cm³/mol. The van der Waals surface area contributed by atoms with Crippen molar-refractivity contribution < 1.29 is 19.0 Å². The summed E-state index contributed by atoms with van der Waals surface area (Å²) in [5.41, 5.74) is 1.72. The first-order chi connectivity index (χ1) is 9.20. The van der Waals surface area contributed by atoms with Gasteiger partial charge in [0, 0.05) is 0 Å². The van der Waals surface area contributed by atoms with Crippen LogP contribution in [-0.4, -0.2) is 37.8 Å². The molecule has 0 N–H and O–H groups in total. The third-order valence-corrected chi connectivity index (χ3v) is 3.57. The molecule has 2 rings (SSSR count). The Bertz CT molecular complexity index is 412. The number of methoxy groups -OCH3 is 1. The van der Waals surface area contributed by atoms with Crippen LogP contribution in [0.3, 0.4) is 0 Å². The highest BCUT2D eigenvalue weighted by Crippen LogP contribution is 2.19. The van der Waals surface area contributed by atoms with Crippen LogP contribution in [0.15, 0.2) is 24.3 Å². The number of rotatable bonds is 5. The minimum Gasteiger partial charge on any atom is -0.465 e. The molecule has 104 valence electrons.